The van der Waals surface area contributed by atoms with E-state index in [0.29, 0.717) is 0 Å². The van der Waals surface area contributed by atoms with Crippen LogP contribution < -0.4 is 15.9 Å². The van der Waals surface area contributed by atoms with E-state index in [0.717, 1.165) is 6.16 Å². The quantitative estimate of drug-likeness (QED) is 0.258. The SMILES string of the molecule is ClP(Cc1cccc2ccccc12)(c1ccccc1)(c1ccccc1)c1ccccc1. The maximum absolute atomic E-state index is 8.24. The summed E-state index contributed by atoms with van der Waals surface area (Å²) in [5, 5.41) is 6.10. The third-order valence-corrected chi connectivity index (χ3v) is 13.4. The molecule has 0 bridgehead atoms. The summed E-state index contributed by atoms with van der Waals surface area (Å²) in [6, 6.07) is 47.2. The topological polar surface area (TPSA) is 0 Å². The first-order valence-corrected chi connectivity index (χ1v) is 13.9. The number of benzene rings is 5. The fraction of sp³-hybridized carbons (Fsp3) is 0.0345. The van der Waals surface area contributed by atoms with Crippen LogP contribution in [0.25, 0.3) is 10.8 Å². The molecule has 2 heteroatoms. The van der Waals surface area contributed by atoms with Crippen molar-refractivity contribution in [3.8, 4) is 0 Å². The molecule has 152 valence electrons. The van der Waals surface area contributed by atoms with E-state index in [4.69, 9.17) is 11.2 Å². The first-order chi connectivity index (χ1) is 15.2. The van der Waals surface area contributed by atoms with Gasteiger partial charge in [-0.3, -0.25) is 0 Å². The molecular formula is C29H24ClP. The Labute approximate surface area is 188 Å². The van der Waals surface area contributed by atoms with Crippen LogP contribution in [-0.2, 0) is 6.16 Å². The zero-order valence-corrected chi connectivity index (χ0v) is 18.9. The van der Waals surface area contributed by atoms with Crippen molar-refractivity contribution < 1.29 is 0 Å². The summed E-state index contributed by atoms with van der Waals surface area (Å²) in [4.78, 5) is 0. The molecule has 0 aliphatic carbocycles. The van der Waals surface area contributed by atoms with Crippen molar-refractivity contribution in [3.05, 3.63) is 139 Å². The minimum atomic E-state index is -3.33. The van der Waals surface area contributed by atoms with Crippen LogP contribution in [0.1, 0.15) is 5.56 Å². The predicted molar refractivity (Wildman–Crippen MR) is 139 cm³/mol. The number of halogens is 1. The van der Waals surface area contributed by atoms with E-state index in [1.807, 2.05) is 0 Å². The van der Waals surface area contributed by atoms with E-state index in [2.05, 4.69) is 133 Å². The van der Waals surface area contributed by atoms with Crippen molar-refractivity contribution in [2.24, 2.45) is 0 Å². The van der Waals surface area contributed by atoms with E-state index in [9.17, 15) is 0 Å². The van der Waals surface area contributed by atoms with Gasteiger partial charge in [0, 0.05) is 0 Å². The van der Waals surface area contributed by atoms with E-state index in [1.54, 1.807) is 0 Å². The van der Waals surface area contributed by atoms with E-state index < -0.39 is 5.96 Å². The van der Waals surface area contributed by atoms with Crippen LogP contribution in [0.2, 0.25) is 0 Å². The Morgan fingerprint density at radius 3 is 1.39 bits per heavy atom. The average molecular weight is 439 g/mol. The van der Waals surface area contributed by atoms with Gasteiger partial charge < -0.3 is 0 Å². The van der Waals surface area contributed by atoms with Gasteiger partial charge >= 0.3 is 189 Å². The van der Waals surface area contributed by atoms with Gasteiger partial charge in [-0.2, -0.15) is 0 Å². The van der Waals surface area contributed by atoms with Gasteiger partial charge in [0.1, 0.15) is 0 Å². The Balaban J connectivity index is 1.89. The van der Waals surface area contributed by atoms with Crippen LogP contribution in [-0.4, -0.2) is 0 Å². The Hall–Kier alpha value is -2.92. The summed E-state index contributed by atoms with van der Waals surface area (Å²) in [5.41, 5.74) is 1.28. The van der Waals surface area contributed by atoms with Gasteiger partial charge in [0.25, 0.3) is 0 Å². The Kier molecular flexibility index (Phi) is 5.14. The van der Waals surface area contributed by atoms with Gasteiger partial charge in [0.2, 0.25) is 0 Å². The van der Waals surface area contributed by atoms with Crippen molar-refractivity contribution in [3.63, 3.8) is 0 Å². The van der Waals surface area contributed by atoms with E-state index in [1.165, 1.54) is 32.2 Å². The molecule has 0 radical (unpaired) electrons. The van der Waals surface area contributed by atoms with Crippen molar-refractivity contribution in [2.75, 3.05) is 0 Å². The fourth-order valence-electron chi connectivity index (χ4n) is 4.69. The van der Waals surface area contributed by atoms with Crippen LogP contribution in [0.15, 0.2) is 133 Å². The van der Waals surface area contributed by atoms with Crippen molar-refractivity contribution in [1.29, 1.82) is 0 Å². The molecule has 31 heavy (non-hydrogen) atoms. The zero-order valence-electron chi connectivity index (χ0n) is 17.2. The third kappa shape index (κ3) is 3.28. The molecule has 5 rings (SSSR count). The van der Waals surface area contributed by atoms with Gasteiger partial charge in [-0.25, -0.2) is 0 Å². The van der Waals surface area contributed by atoms with Gasteiger partial charge in [-0.05, 0) is 0 Å². The summed E-state index contributed by atoms with van der Waals surface area (Å²) >= 11 is 8.24. The summed E-state index contributed by atoms with van der Waals surface area (Å²) in [6.07, 6.45) is 0.756. The molecule has 0 spiro atoms. The summed E-state index contributed by atoms with van der Waals surface area (Å²) < 4.78 is 0. The van der Waals surface area contributed by atoms with Crippen LogP contribution in [0.5, 0.6) is 0 Å². The molecule has 5 aromatic rings. The molecule has 0 heterocycles. The zero-order chi connectivity index (χ0) is 21.2. The molecule has 0 amide bonds. The van der Waals surface area contributed by atoms with Crippen LogP contribution in [0, 0.1) is 0 Å². The standard InChI is InChI=1S/C29H24ClP/c30-31(26-16-4-1-5-17-26,27-18-6-2-7-19-27,28-20-8-3-9-21-28)23-25-15-12-14-24-13-10-11-22-29(24)25/h1-22H,23H2. The number of fused-ring (bicyclic) bond motifs is 1. The van der Waals surface area contributed by atoms with Crippen molar-refractivity contribution in [1.82, 2.24) is 0 Å². The van der Waals surface area contributed by atoms with Gasteiger partial charge in [-0.15, -0.1) is 0 Å². The number of hydrogen-bond acceptors (Lipinski definition) is 0. The summed E-state index contributed by atoms with van der Waals surface area (Å²) in [7, 11) is 0. The molecule has 0 saturated heterocycles. The number of hydrogen-bond donors (Lipinski definition) is 0. The van der Waals surface area contributed by atoms with Crippen LogP contribution in [0.4, 0.5) is 0 Å². The van der Waals surface area contributed by atoms with E-state index >= 15 is 0 Å². The van der Waals surface area contributed by atoms with Crippen LogP contribution in [0.3, 0.4) is 0 Å². The molecule has 0 nitrogen and oxygen atoms in total. The van der Waals surface area contributed by atoms with Gasteiger partial charge in [0.15, 0.2) is 0 Å². The Bertz CT molecular complexity index is 1210. The summed E-state index contributed by atoms with van der Waals surface area (Å²) in [6.45, 7) is 0. The second-order valence-corrected chi connectivity index (χ2v) is 14.5. The first kappa shape index (κ1) is 20.0. The maximum atomic E-state index is 8.24. The molecule has 5 aromatic carbocycles. The Morgan fingerprint density at radius 1 is 0.452 bits per heavy atom. The number of rotatable bonds is 5. The van der Waals surface area contributed by atoms with Crippen molar-refractivity contribution in [2.45, 2.75) is 6.16 Å². The molecular weight excluding hydrogens is 415 g/mol. The first-order valence-electron chi connectivity index (χ1n) is 10.6. The monoisotopic (exact) mass is 438 g/mol. The normalized spacial score (nSPS) is 12.9. The molecule has 0 N–H and O–H groups in total. The second kappa shape index (κ2) is 7.97. The molecule has 0 unspecified atom stereocenters. The molecule has 0 fully saturated rings. The molecule has 0 saturated carbocycles. The third-order valence-electron chi connectivity index (χ3n) is 6.23. The molecule has 0 aliphatic heterocycles. The van der Waals surface area contributed by atoms with Gasteiger partial charge in [-0.1, -0.05) is 0 Å². The van der Waals surface area contributed by atoms with E-state index in [-0.39, 0.29) is 0 Å². The van der Waals surface area contributed by atoms with Crippen LogP contribution >= 0.6 is 17.2 Å². The van der Waals surface area contributed by atoms with Gasteiger partial charge in [0.05, 0.1) is 0 Å². The average Bonchev–Trinajstić information content (AvgIpc) is 2.86. The Morgan fingerprint density at radius 2 is 0.871 bits per heavy atom. The minimum absolute atomic E-state index is 0.756. The molecule has 0 atom stereocenters. The molecule has 0 aromatic heterocycles. The second-order valence-electron chi connectivity index (χ2n) is 7.99. The fourth-order valence-corrected chi connectivity index (χ4v) is 10.8. The predicted octanol–water partition coefficient (Wildman–Crippen LogP) is 7.02. The molecule has 0 aliphatic rings. The van der Waals surface area contributed by atoms with Crippen molar-refractivity contribution >= 4 is 43.9 Å². The summed E-state index contributed by atoms with van der Waals surface area (Å²) in [5.74, 6) is -3.33.